The molecule has 0 heterocycles. The molecule has 0 saturated carbocycles. The van der Waals surface area contributed by atoms with Gasteiger partial charge in [0.25, 0.3) is 0 Å². The molecule has 44 heavy (non-hydrogen) atoms. The number of rotatable bonds is 21. The molecule has 20 nitrogen and oxygen atoms in total. The molecule has 0 aliphatic rings. The van der Waals surface area contributed by atoms with E-state index >= 15 is 0 Å². The van der Waals surface area contributed by atoms with Crippen molar-refractivity contribution in [1.29, 1.82) is 0 Å². The zero-order valence-corrected chi connectivity index (χ0v) is 24.5. The average molecular weight is 669 g/mol. The second kappa shape index (κ2) is 17.7. The van der Waals surface area contributed by atoms with E-state index in [1.165, 1.54) is 0 Å². The first-order chi connectivity index (χ1) is 20.3. The summed E-state index contributed by atoms with van der Waals surface area (Å²) in [5.41, 5.74) is 4.86. The highest BCUT2D eigenvalue weighted by atomic mass is 32.1. The molecule has 0 aliphatic carbocycles. The van der Waals surface area contributed by atoms with Gasteiger partial charge in [-0.1, -0.05) is 0 Å². The Kier molecular flexibility index (Phi) is 16.0. The Bertz CT molecular complexity index is 1110. The van der Waals surface area contributed by atoms with E-state index in [2.05, 4.69) is 35.9 Å². The van der Waals surface area contributed by atoms with E-state index in [-0.39, 0.29) is 11.5 Å². The van der Waals surface area contributed by atoms with Crippen molar-refractivity contribution >= 4 is 84.3 Å². The Morgan fingerprint density at radius 3 is 1.11 bits per heavy atom. The molecule has 0 saturated heterocycles. The molecule has 0 aromatic heterocycles. The largest absolute Gasteiger partial charge is 0.480 e. The SMILES string of the molecule is NC(CCC(=O)NC(CS)C(=O)NCC(=O)O)(C(=O)O)C(=O)C(=O)C(N)(CCC(=O)NC(CS)C(=O)NCC(=O)O)C(=O)O. The van der Waals surface area contributed by atoms with Crippen LogP contribution in [0.1, 0.15) is 25.7 Å². The maximum absolute atomic E-state index is 12.9. The lowest BCUT2D eigenvalue weighted by molar-refractivity contribution is -0.159. The molecule has 0 aromatic carbocycles. The number of aliphatic carboxylic acids is 4. The van der Waals surface area contributed by atoms with Crippen molar-refractivity contribution in [3.8, 4) is 0 Å². The summed E-state index contributed by atoms with van der Waals surface area (Å²) in [5, 5.41) is 44.6. The van der Waals surface area contributed by atoms with Gasteiger partial charge in [0.15, 0.2) is 11.1 Å². The zero-order valence-electron chi connectivity index (χ0n) is 22.7. The highest BCUT2D eigenvalue weighted by molar-refractivity contribution is 7.80. The zero-order chi connectivity index (χ0) is 34.4. The number of amides is 4. The molecule has 0 rings (SSSR count). The van der Waals surface area contributed by atoms with Crippen molar-refractivity contribution < 1.29 is 68.4 Å². The molecular formula is C22H32N6O14S2. The van der Waals surface area contributed by atoms with E-state index in [4.69, 9.17) is 21.7 Å². The number of hydrogen-bond donors (Lipinski definition) is 12. The van der Waals surface area contributed by atoms with Crippen LogP contribution in [0.3, 0.4) is 0 Å². The van der Waals surface area contributed by atoms with Crippen LogP contribution >= 0.6 is 25.3 Å². The first-order valence-electron chi connectivity index (χ1n) is 12.2. The molecule has 12 N–H and O–H groups in total. The molecule has 0 radical (unpaired) electrons. The maximum atomic E-state index is 12.9. The minimum absolute atomic E-state index is 0.328. The van der Waals surface area contributed by atoms with Crippen LogP contribution < -0.4 is 32.7 Å². The van der Waals surface area contributed by atoms with Crippen LogP contribution in [0.15, 0.2) is 0 Å². The standard InChI is InChI=1S/C22H32N6O14S2/c23-21(19(39)40,3-1-11(29)27-9(7-43)17(37)25-5-13(31)32)15(35)16(36)22(24,20(41)42)4-2-12(30)28-10(8-44)18(38)26-6-14(33)34/h9-10,43-44H,1-8,23-24H2,(H,25,37)(H,26,38)(H,27,29)(H,28,30)(H,31,32)(H,33,34)(H,39,40)(H,41,42). The van der Waals surface area contributed by atoms with Gasteiger partial charge < -0.3 is 53.2 Å². The Hall–Kier alpha value is -4.28. The number of carboxylic acids is 4. The molecule has 0 bridgehead atoms. The molecule has 4 atom stereocenters. The lowest BCUT2D eigenvalue weighted by Crippen LogP contribution is -2.66. The topological polar surface area (TPSA) is 352 Å². The number of carbonyl (C=O) groups excluding carboxylic acids is 6. The summed E-state index contributed by atoms with van der Waals surface area (Å²) in [6.07, 6.45) is -4.00. The molecule has 0 aliphatic heterocycles. The first kappa shape index (κ1) is 39.7. The monoisotopic (exact) mass is 668 g/mol. The molecular weight excluding hydrogens is 636 g/mol. The van der Waals surface area contributed by atoms with Crippen LogP contribution in [0.25, 0.3) is 0 Å². The normalized spacial score (nSPS) is 14.7. The van der Waals surface area contributed by atoms with Crippen LogP contribution in [0.4, 0.5) is 0 Å². The predicted octanol–water partition coefficient (Wildman–Crippen LogP) is -5.52. The minimum Gasteiger partial charge on any atom is -0.480 e. The number of hydrogen-bond acceptors (Lipinski definition) is 14. The summed E-state index contributed by atoms with van der Waals surface area (Å²) in [5.74, 6) is -15.9. The number of thiol groups is 2. The van der Waals surface area contributed by atoms with Crippen LogP contribution in [0.5, 0.6) is 0 Å². The highest BCUT2D eigenvalue weighted by Gasteiger charge is 2.54. The summed E-state index contributed by atoms with van der Waals surface area (Å²) >= 11 is 7.69. The second-order valence-corrected chi connectivity index (χ2v) is 9.77. The number of nitrogens with one attached hydrogen (secondary N) is 4. The van der Waals surface area contributed by atoms with E-state index in [1.807, 2.05) is 10.6 Å². The Balaban J connectivity index is 5.64. The van der Waals surface area contributed by atoms with Crippen LogP contribution in [0.2, 0.25) is 0 Å². The Morgan fingerprint density at radius 2 is 0.886 bits per heavy atom. The first-order valence-corrected chi connectivity index (χ1v) is 13.5. The van der Waals surface area contributed by atoms with Crippen molar-refractivity contribution in [2.45, 2.75) is 48.8 Å². The van der Waals surface area contributed by atoms with E-state index < -0.39 is 121 Å². The summed E-state index contributed by atoms with van der Waals surface area (Å²) < 4.78 is 0. The van der Waals surface area contributed by atoms with Gasteiger partial charge in [-0.2, -0.15) is 25.3 Å². The van der Waals surface area contributed by atoms with E-state index in [1.54, 1.807) is 0 Å². The third-order valence-electron chi connectivity index (χ3n) is 5.77. The summed E-state index contributed by atoms with van der Waals surface area (Å²) in [6, 6.07) is -2.78. The van der Waals surface area contributed by atoms with E-state index in [9.17, 15) is 58.2 Å². The lowest BCUT2D eigenvalue weighted by atomic mass is 9.79. The van der Waals surface area contributed by atoms with Gasteiger partial charge in [0, 0.05) is 24.3 Å². The smallest absolute Gasteiger partial charge is 0.331 e. The quantitative estimate of drug-likeness (QED) is 0.0308. The third kappa shape index (κ3) is 11.8. The molecule has 4 amide bonds. The molecule has 4 unspecified atom stereocenters. The molecule has 0 fully saturated rings. The lowest BCUT2D eigenvalue weighted by Gasteiger charge is -2.28. The van der Waals surface area contributed by atoms with Crippen molar-refractivity contribution in [2.24, 2.45) is 11.5 Å². The number of carboxylic acid groups (broad SMARTS) is 4. The van der Waals surface area contributed by atoms with Crippen molar-refractivity contribution in [2.75, 3.05) is 24.6 Å². The maximum Gasteiger partial charge on any atom is 0.331 e. The number of Topliss-reactive ketones (excluding diaryl/α,β-unsaturated/α-hetero) is 2. The van der Waals surface area contributed by atoms with Gasteiger partial charge in [-0.3, -0.25) is 38.4 Å². The van der Waals surface area contributed by atoms with Gasteiger partial charge in [0.1, 0.15) is 25.2 Å². The molecule has 0 aromatic rings. The molecule has 22 heteroatoms. The highest BCUT2D eigenvalue weighted by Crippen LogP contribution is 2.20. The van der Waals surface area contributed by atoms with Gasteiger partial charge >= 0.3 is 23.9 Å². The van der Waals surface area contributed by atoms with Crippen molar-refractivity contribution in [3.63, 3.8) is 0 Å². The van der Waals surface area contributed by atoms with Crippen LogP contribution in [-0.4, -0.2) is 127 Å². The minimum atomic E-state index is -3.20. The van der Waals surface area contributed by atoms with Crippen molar-refractivity contribution in [1.82, 2.24) is 21.3 Å². The fourth-order valence-corrected chi connectivity index (χ4v) is 3.67. The van der Waals surface area contributed by atoms with Gasteiger partial charge in [-0.05, 0) is 12.8 Å². The predicted molar refractivity (Wildman–Crippen MR) is 150 cm³/mol. The van der Waals surface area contributed by atoms with Gasteiger partial charge in [0.05, 0.1) is 0 Å². The fraction of sp³-hybridized carbons (Fsp3) is 0.545. The average Bonchev–Trinajstić information content (AvgIpc) is 2.96. The summed E-state index contributed by atoms with van der Waals surface area (Å²) in [4.78, 5) is 119. The summed E-state index contributed by atoms with van der Waals surface area (Å²) in [7, 11) is 0. The molecule has 246 valence electrons. The van der Waals surface area contributed by atoms with Gasteiger partial charge in [-0.15, -0.1) is 0 Å². The van der Waals surface area contributed by atoms with E-state index in [0.29, 0.717) is 0 Å². The van der Waals surface area contributed by atoms with E-state index in [0.717, 1.165) is 0 Å². The van der Waals surface area contributed by atoms with Gasteiger partial charge in [-0.25, -0.2) is 9.59 Å². The van der Waals surface area contributed by atoms with Gasteiger partial charge in [0.2, 0.25) is 35.2 Å². The second-order valence-electron chi connectivity index (χ2n) is 9.04. The number of nitrogens with two attached hydrogens (primary N) is 2. The number of ketones is 2. The number of carbonyl (C=O) groups is 10. The van der Waals surface area contributed by atoms with Crippen LogP contribution in [-0.2, 0) is 47.9 Å². The van der Waals surface area contributed by atoms with Crippen molar-refractivity contribution in [3.05, 3.63) is 0 Å². The van der Waals surface area contributed by atoms with Crippen LogP contribution in [0, 0.1) is 0 Å². The Morgan fingerprint density at radius 1 is 0.591 bits per heavy atom. The fourth-order valence-electron chi connectivity index (χ4n) is 3.15. The third-order valence-corrected chi connectivity index (χ3v) is 6.50. The molecule has 0 spiro atoms. The summed E-state index contributed by atoms with van der Waals surface area (Å²) in [6.45, 7) is -1.57. The Labute approximate surface area is 258 Å².